The lowest BCUT2D eigenvalue weighted by atomic mass is 10.00. The van der Waals surface area contributed by atoms with Crippen LogP contribution in [0.4, 0.5) is 5.69 Å². The lowest BCUT2D eigenvalue weighted by Gasteiger charge is -2.24. The van der Waals surface area contributed by atoms with Crippen molar-refractivity contribution in [3.63, 3.8) is 0 Å². The predicted octanol–water partition coefficient (Wildman–Crippen LogP) is 5.81. The van der Waals surface area contributed by atoms with Gasteiger partial charge in [-0.1, -0.05) is 29.8 Å². The van der Waals surface area contributed by atoms with Crippen molar-refractivity contribution in [2.75, 3.05) is 32.8 Å². The van der Waals surface area contributed by atoms with E-state index < -0.39 is 5.25 Å². The number of aromatic nitrogens is 1. The van der Waals surface area contributed by atoms with E-state index in [1.807, 2.05) is 30.3 Å². The van der Waals surface area contributed by atoms with Crippen LogP contribution in [-0.4, -0.2) is 50.0 Å². The van der Waals surface area contributed by atoms with Crippen molar-refractivity contribution in [1.29, 1.82) is 0 Å². The number of oxazole rings is 1. The number of aryl methyl sites for hydroxylation is 2. The number of ether oxygens (including phenoxy) is 3. The molecule has 39 heavy (non-hydrogen) atoms. The Labute approximate surface area is 237 Å². The van der Waals surface area contributed by atoms with E-state index in [1.54, 1.807) is 37.5 Å². The highest BCUT2D eigenvalue weighted by molar-refractivity contribution is 8.01. The van der Waals surface area contributed by atoms with Crippen LogP contribution in [0.1, 0.15) is 40.9 Å². The van der Waals surface area contributed by atoms with Crippen molar-refractivity contribution in [3.05, 3.63) is 83.1 Å². The van der Waals surface area contributed by atoms with Crippen LogP contribution in [0.25, 0.3) is 0 Å². The van der Waals surface area contributed by atoms with Gasteiger partial charge in [-0.3, -0.25) is 9.59 Å². The van der Waals surface area contributed by atoms with Crippen molar-refractivity contribution in [2.45, 2.75) is 36.2 Å². The number of halogens is 1. The highest BCUT2D eigenvalue weighted by Crippen LogP contribution is 2.51. The molecule has 1 aromatic heterocycles. The molecule has 0 fully saturated rings. The number of hydrogen-bond acceptors (Lipinski definition) is 8. The maximum Gasteiger partial charge on any atom is 0.305 e. The SMILES string of the molecule is C=CCN1C(=O)C(CCc2ncc(CCC(=O)OC)o2)SC(c2cccc(OC)c2OC)c2cc(Cl)ccc21. The second kappa shape index (κ2) is 13.1. The molecule has 1 aliphatic rings. The summed E-state index contributed by atoms with van der Waals surface area (Å²) in [7, 11) is 4.56. The van der Waals surface area contributed by atoms with Crippen LogP contribution in [0.2, 0.25) is 5.02 Å². The standard InChI is InChI=1S/C29H31ClN2O6S/c1-5-15-32-22-11-9-18(30)16-21(22)28(20-7-6-8-23(35-2)27(20)37-4)39-24(29(32)34)12-13-25-31-17-19(38-25)10-14-26(33)36-3/h5-9,11,16-17,24,28H,1,10,12-15H2,2-4H3. The summed E-state index contributed by atoms with van der Waals surface area (Å²) >= 11 is 8.01. The Morgan fingerprint density at radius 2 is 2.00 bits per heavy atom. The molecule has 1 aliphatic heterocycles. The quantitative estimate of drug-likeness (QED) is 0.211. The Bertz CT molecular complexity index is 1340. The summed E-state index contributed by atoms with van der Waals surface area (Å²) < 4.78 is 21.9. The molecule has 2 unspecified atom stereocenters. The Balaban J connectivity index is 1.68. The minimum atomic E-state index is -0.428. The van der Waals surface area contributed by atoms with Crippen molar-refractivity contribution in [3.8, 4) is 11.5 Å². The zero-order chi connectivity index (χ0) is 27.9. The summed E-state index contributed by atoms with van der Waals surface area (Å²) in [6.45, 7) is 4.22. The average molecular weight is 571 g/mol. The number of esters is 1. The van der Waals surface area contributed by atoms with Gasteiger partial charge in [-0.25, -0.2) is 4.98 Å². The third kappa shape index (κ3) is 6.42. The molecule has 2 atom stereocenters. The summed E-state index contributed by atoms with van der Waals surface area (Å²) in [6.07, 6.45) is 4.88. The van der Waals surface area contributed by atoms with Gasteiger partial charge in [0.05, 0.1) is 44.4 Å². The van der Waals surface area contributed by atoms with E-state index in [4.69, 9.17) is 30.2 Å². The number of amides is 1. The van der Waals surface area contributed by atoms with Gasteiger partial charge < -0.3 is 23.5 Å². The molecule has 0 bridgehead atoms. The molecule has 0 radical (unpaired) electrons. The van der Waals surface area contributed by atoms with Crippen LogP contribution in [0.15, 0.2) is 59.7 Å². The topological polar surface area (TPSA) is 91.1 Å². The van der Waals surface area contributed by atoms with E-state index >= 15 is 0 Å². The molecule has 10 heteroatoms. The molecule has 0 saturated heterocycles. The molecule has 206 valence electrons. The zero-order valence-corrected chi connectivity index (χ0v) is 23.7. The van der Waals surface area contributed by atoms with Gasteiger partial charge in [-0.05, 0) is 36.2 Å². The fourth-order valence-corrected chi connectivity index (χ4v) is 6.27. The summed E-state index contributed by atoms with van der Waals surface area (Å²) in [5, 5.41) is -0.125. The number of rotatable bonds is 11. The molecule has 3 aromatic rings. The molecular formula is C29H31ClN2O6S. The van der Waals surface area contributed by atoms with Gasteiger partial charge in [0.25, 0.3) is 0 Å². The van der Waals surface area contributed by atoms with Gasteiger partial charge in [0.15, 0.2) is 17.4 Å². The number of para-hydroxylation sites is 1. The first kappa shape index (κ1) is 28.6. The molecule has 0 saturated carbocycles. The van der Waals surface area contributed by atoms with E-state index in [2.05, 4.69) is 11.6 Å². The van der Waals surface area contributed by atoms with Gasteiger partial charge in [0, 0.05) is 35.7 Å². The summed E-state index contributed by atoms with van der Waals surface area (Å²) in [5.41, 5.74) is 2.55. The van der Waals surface area contributed by atoms with Crippen LogP contribution in [0, 0.1) is 0 Å². The van der Waals surface area contributed by atoms with E-state index in [9.17, 15) is 9.59 Å². The highest BCUT2D eigenvalue weighted by atomic mass is 35.5. The van der Waals surface area contributed by atoms with Crippen molar-refractivity contribution >= 4 is 40.9 Å². The van der Waals surface area contributed by atoms with Gasteiger partial charge in [-0.2, -0.15) is 0 Å². The van der Waals surface area contributed by atoms with Crippen LogP contribution in [0.5, 0.6) is 11.5 Å². The third-order valence-corrected chi connectivity index (χ3v) is 8.24. The van der Waals surface area contributed by atoms with E-state index in [0.29, 0.717) is 54.0 Å². The van der Waals surface area contributed by atoms with E-state index in [0.717, 1.165) is 16.8 Å². The van der Waals surface area contributed by atoms with Gasteiger partial charge >= 0.3 is 5.97 Å². The number of anilines is 1. The number of carbonyl (C=O) groups is 2. The van der Waals surface area contributed by atoms with Crippen LogP contribution >= 0.6 is 23.4 Å². The molecule has 0 N–H and O–H groups in total. The van der Waals surface area contributed by atoms with E-state index in [-0.39, 0.29) is 23.5 Å². The van der Waals surface area contributed by atoms with Crippen molar-refractivity contribution in [1.82, 2.24) is 4.98 Å². The summed E-state index contributed by atoms with van der Waals surface area (Å²) in [5.74, 6) is 1.98. The lowest BCUT2D eigenvalue weighted by Crippen LogP contribution is -2.37. The summed E-state index contributed by atoms with van der Waals surface area (Å²) in [4.78, 5) is 31.5. The highest BCUT2D eigenvalue weighted by Gasteiger charge is 2.37. The van der Waals surface area contributed by atoms with Gasteiger partial charge in [-0.15, -0.1) is 18.3 Å². The molecule has 4 rings (SSSR count). The maximum absolute atomic E-state index is 13.9. The zero-order valence-electron chi connectivity index (χ0n) is 22.1. The number of carbonyl (C=O) groups excluding carboxylic acids is 2. The van der Waals surface area contributed by atoms with Crippen molar-refractivity contribution < 1.29 is 28.2 Å². The van der Waals surface area contributed by atoms with Crippen LogP contribution in [-0.2, 0) is 27.2 Å². The Hall–Kier alpha value is -3.43. The minimum absolute atomic E-state index is 0.0368. The van der Waals surface area contributed by atoms with Gasteiger partial charge in [0.2, 0.25) is 5.91 Å². The smallest absolute Gasteiger partial charge is 0.305 e. The molecule has 2 heterocycles. The fraction of sp³-hybridized carbons (Fsp3) is 0.345. The fourth-order valence-electron chi connectivity index (χ4n) is 4.60. The summed E-state index contributed by atoms with van der Waals surface area (Å²) in [6, 6.07) is 11.3. The Kier molecular flexibility index (Phi) is 9.59. The molecule has 1 amide bonds. The number of fused-ring (bicyclic) bond motifs is 1. The molecule has 0 aliphatic carbocycles. The average Bonchev–Trinajstić information content (AvgIpc) is 3.38. The van der Waals surface area contributed by atoms with Crippen LogP contribution < -0.4 is 14.4 Å². The second-order valence-electron chi connectivity index (χ2n) is 8.86. The number of nitrogens with zero attached hydrogens (tertiary/aromatic N) is 2. The van der Waals surface area contributed by atoms with Crippen molar-refractivity contribution in [2.24, 2.45) is 0 Å². The normalized spacial score (nSPS) is 16.8. The first-order chi connectivity index (χ1) is 18.9. The second-order valence-corrected chi connectivity index (χ2v) is 10.6. The number of benzene rings is 2. The Morgan fingerprint density at radius 3 is 2.72 bits per heavy atom. The Morgan fingerprint density at radius 1 is 1.18 bits per heavy atom. The third-order valence-electron chi connectivity index (χ3n) is 6.46. The molecule has 8 nitrogen and oxygen atoms in total. The van der Waals surface area contributed by atoms with E-state index in [1.165, 1.54) is 18.9 Å². The lowest BCUT2D eigenvalue weighted by molar-refractivity contribution is -0.140. The number of methoxy groups -OCH3 is 3. The van der Waals surface area contributed by atoms with Gasteiger partial charge in [0.1, 0.15) is 5.76 Å². The molecular weight excluding hydrogens is 540 g/mol. The number of hydrogen-bond donors (Lipinski definition) is 0. The monoisotopic (exact) mass is 570 g/mol. The first-order valence-corrected chi connectivity index (χ1v) is 13.8. The molecule has 2 aromatic carbocycles. The predicted molar refractivity (Wildman–Crippen MR) is 152 cm³/mol. The maximum atomic E-state index is 13.9. The largest absolute Gasteiger partial charge is 0.493 e. The molecule has 0 spiro atoms. The van der Waals surface area contributed by atoms with Crippen LogP contribution in [0.3, 0.4) is 0 Å². The number of thioether (sulfide) groups is 1. The first-order valence-electron chi connectivity index (χ1n) is 12.5. The minimum Gasteiger partial charge on any atom is -0.493 e.